The van der Waals surface area contributed by atoms with Crippen LogP contribution >= 0.6 is 27.5 Å². The average molecular weight is 304 g/mol. The van der Waals surface area contributed by atoms with Crippen molar-refractivity contribution in [1.82, 2.24) is 4.98 Å². The van der Waals surface area contributed by atoms with Gasteiger partial charge < -0.3 is 4.74 Å². The number of carbonyl (C=O) groups excluding carboxylic acids is 1. The van der Waals surface area contributed by atoms with Crippen LogP contribution in [0.15, 0.2) is 16.7 Å². The summed E-state index contributed by atoms with van der Waals surface area (Å²) in [6.45, 7) is 0. The number of aromatic nitrogens is 1. The summed E-state index contributed by atoms with van der Waals surface area (Å²) < 4.78 is 38.8. The van der Waals surface area contributed by atoms with Crippen LogP contribution in [0.5, 0.6) is 5.75 Å². The number of nitrogens with zero attached hydrogens (tertiary/aromatic N) is 1. The summed E-state index contributed by atoms with van der Waals surface area (Å²) in [7, 11) is 0. The normalized spacial score (nSPS) is 11.3. The third-order valence-electron chi connectivity index (χ3n) is 1.24. The van der Waals surface area contributed by atoms with Gasteiger partial charge in [0.25, 0.3) is 5.24 Å². The first-order chi connectivity index (χ1) is 6.79. The van der Waals surface area contributed by atoms with Crippen LogP contribution in [-0.4, -0.2) is 16.6 Å². The van der Waals surface area contributed by atoms with Crippen LogP contribution in [0, 0.1) is 0 Å². The van der Waals surface area contributed by atoms with E-state index >= 15 is 0 Å². The van der Waals surface area contributed by atoms with Crippen molar-refractivity contribution in [3.05, 3.63) is 22.4 Å². The molecule has 0 fully saturated rings. The summed E-state index contributed by atoms with van der Waals surface area (Å²) in [5, 5.41) is -0.866. The lowest BCUT2D eigenvalue weighted by atomic mass is 10.4. The molecule has 0 bridgehead atoms. The third-order valence-corrected chi connectivity index (χ3v) is 2.00. The van der Waals surface area contributed by atoms with E-state index in [1.807, 2.05) is 0 Å². The minimum absolute atomic E-state index is 0.168. The first kappa shape index (κ1) is 12.3. The van der Waals surface area contributed by atoms with E-state index in [1.165, 1.54) is 0 Å². The van der Waals surface area contributed by atoms with Crippen molar-refractivity contribution in [1.29, 1.82) is 0 Å². The summed E-state index contributed by atoms with van der Waals surface area (Å²) in [6, 6.07) is 1.97. The van der Waals surface area contributed by atoms with Crippen LogP contribution in [0.3, 0.4) is 0 Å². The summed E-state index contributed by atoms with van der Waals surface area (Å²) in [6.07, 6.45) is -4.81. The molecule has 0 amide bonds. The van der Waals surface area contributed by atoms with Crippen LogP contribution < -0.4 is 4.74 Å². The Kier molecular flexibility index (Phi) is 3.56. The lowest BCUT2D eigenvalue weighted by Crippen LogP contribution is -2.17. The van der Waals surface area contributed by atoms with Crippen molar-refractivity contribution in [3.8, 4) is 5.75 Å². The predicted octanol–water partition coefficient (Wildman–Crippen LogP) is 3.12. The van der Waals surface area contributed by atoms with Crippen LogP contribution in [0.2, 0.25) is 0 Å². The maximum atomic E-state index is 11.8. The van der Waals surface area contributed by atoms with Gasteiger partial charge in [-0.05, 0) is 39.7 Å². The number of hydrogen-bond acceptors (Lipinski definition) is 3. The van der Waals surface area contributed by atoms with Gasteiger partial charge in [0.05, 0.1) is 0 Å². The Morgan fingerprint density at radius 2 is 2.07 bits per heavy atom. The van der Waals surface area contributed by atoms with Crippen molar-refractivity contribution < 1.29 is 22.7 Å². The van der Waals surface area contributed by atoms with Gasteiger partial charge in [0.2, 0.25) is 0 Å². The molecule has 0 aliphatic carbocycles. The molecular weight excluding hydrogens is 302 g/mol. The van der Waals surface area contributed by atoms with Crippen molar-refractivity contribution in [2.45, 2.75) is 6.36 Å². The largest absolute Gasteiger partial charge is 0.573 e. The van der Waals surface area contributed by atoms with Gasteiger partial charge in [-0.1, -0.05) is 0 Å². The van der Waals surface area contributed by atoms with E-state index in [0.29, 0.717) is 0 Å². The Bertz CT molecular complexity index is 396. The fraction of sp³-hybridized carbons (Fsp3) is 0.143. The Morgan fingerprint density at radius 3 is 2.47 bits per heavy atom. The van der Waals surface area contributed by atoms with Gasteiger partial charge in [0, 0.05) is 0 Å². The molecule has 15 heavy (non-hydrogen) atoms. The van der Waals surface area contributed by atoms with E-state index in [4.69, 9.17) is 11.6 Å². The van der Waals surface area contributed by atoms with E-state index < -0.39 is 17.4 Å². The number of alkyl halides is 3. The lowest BCUT2D eigenvalue weighted by Gasteiger charge is -2.09. The zero-order valence-corrected chi connectivity index (χ0v) is 9.15. The van der Waals surface area contributed by atoms with E-state index in [-0.39, 0.29) is 10.3 Å². The Hall–Kier alpha value is -0.820. The molecule has 3 nitrogen and oxygen atoms in total. The molecule has 0 aromatic carbocycles. The molecule has 0 radical (unpaired) electrons. The molecule has 0 N–H and O–H groups in total. The first-order valence-electron chi connectivity index (χ1n) is 3.42. The number of carbonyl (C=O) groups is 1. The number of hydrogen-bond donors (Lipinski definition) is 0. The van der Waals surface area contributed by atoms with E-state index in [9.17, 15) is 18.0 Å². The topological polar surface area (TPSA) is 39.2 Å². The minimum Gasteiger partial charge on any atom is -0.403 e. The van der Waals surface area contributed by atoms with Gasteiger partial charge >= 0.3 is 6.36 Å². The number of pyridine rings is 1. The predicted molar refractivity (Wildman–Crippen MR) is 48.8 cm³/mol. The minimum atomic E-state index is -4.81. The third kappa shape index (κ3) is 3.67. The van der Waals surface area contributed by atoms with Gasteiger partial charge in [-0.3, -0.25) is 4.79 Å². The van der Waals surface area contributed by atoms with Crippen LogP contribution in [0.1, 0.15) is 10.5 Å². The lowest BCUT2D eigenvalue weighted by molar-refractivity contribution is -0.275. The summed E-state index contributed by atoms with van der Waals surface area (Å²) in [5.74, 6) is -0.538. The maximum Gasteiger partial charge on any atom is 0.573 e. The summed E-state index contributed by atoms with van der Waals surface area (Å²) in [4.78, 5) is 14.1. The molecule has 82 valence electrons. The second kappa shape index (κ2) is 4.36. The molecule has 1 heterocycles. The van der Waals surface area contributed by atoms with Crippen molar-refractivity contribution in [2.75, 3.05) is 0 Å². The smallest absolute Gasteiger partial charge is 0.403 e. The van der Waals surface area contributed by atoms with Gasteiger partial charge in [-0.15, -0.1) is 13.2 Å². The number of ether oxygens (including phenoxy) is 1. The number of halogens is 5. The zero-order valence-electron chi connectivity index (χ0n) is 6.81. The second-order valence-corrected chi connectivity index (χ2v) is 3.40. The van der Waals surface area contributed by atoms with Crippen LogP contribution in [0.4, 0.5) is 13.2 Å². The Balaban J connectivity index is 2.99. The highest BCUT2D eigenvalue weighted by Gasteiger charge is 2.32. The van der Waals surface area contributed by atoms with E-state index in [1.54, 1.807) is 0 Å². The quantitative estimate of drug-likeness (QED) is 0.622. The molecular formula is C7H2BrClF3NO2. The summed E-state index contributed by atoms with van der Waals surface area (Å²) >= 11 is 7.80. The Labute approximate surface area is 95.3 Å². The van der Waals surface area contributed by atoms with Crippen molar-refractivity contribution >= 4 is 32.8 Å². The maximum absolute atomic E-state index is 11.8. The fourth-order valence-electron chi connectivity index (χ4n) is 0.732. The van der Waals surface area contributed by atoms with Gasteiger partial charge in [-0.2, -0.15) is 0 Å². The fourth-order valence-corrected chi connectivity index (χ4v) is 1.24. The van der Waals surface area contributed by atoms with Crippen LogP contribution in [-0.2, 0) is 0 Å². The van der Waals surface area contributed by atoms with Crippen molar-refractivity contribution in [2.24, 2.45) is 0 Å². The molecule has 1 aromatic heterocycles. The van der Waals surface area contributed by atoms with Crippen molar-refractivity contribution in [3.63, 3.8) is 0 Å². The highest BCUT2D eigenvalue weighted by molar-refractivity contribution is 9.10. The molecule has 1 aromatic rings. The highest BCUT2D eigenvalue weighted by atomic mass is 79.9. The van der Waals surface area contributed by atoms with Gasteiger partial charge in [-0.25, -0.2) is 4.98 Å². The molecule has 0 aliphatic heterocycles. The molecule has 0 unspecified atom stereocenters. The monoisotopic (exact) mass is 303 g/mol. The molecule has 0 atom stereocenters. The molecule has 0 saturated heterocycles. The average Bonchev–Trinajstić information content (AvgIpc) is 2.05. The van der Waals surface area contributed by atoms with E-state index in [0.717, 1.165) is 12.1 Å². The molecule has 1 rings (SSSR count). The standard InChI is InChI=1S/C7H2BrClF3NO2/c8-5-4(15-7(10,11)12)2-1-3(13-5)6(9)14/h1-2H. The summed E-state index contributed by atoms with van der Waals surface area (Å²) in [5.41, 5.74) is -0.168. The van der Waals surface area contributed by atoms with Crippen LogP contribution in [0.25, 0.3) is 0 Å². The molecule has 8 heteroatoms. The Morgan fingerprint density at radius 1 is 1.47 bits per heavy atom. The zero-order chi connectivity index (χ0) is 11.6. The van der Waals surface area contributed by atoms with Gasteiger partial charge in [0.15, 0.2) is 5.75 Å². The number of rotatable bonds is 2. The van der Waals surface area contributed by atoms with E-state index in [2.05, 4.69) is 25.7 Å². The SMILES string of the molecule is O=C(Cl)c1ccc(OC(F)(F)F)c(Br)n1. The highest BCUT2D eigenvalue weighted by Crippen LogP contribution is 2.29. The van der Waals surface area contributed by atoms with Gasteiger partial charge in [0.1, 0.15) is 10.3 Å². The molecule has 0 saturated carbocycles. The molecule has 0 aliphatic rings. The second-order valence-electron chi connectivity index (χ2n) is 2.31. The molecule has 0 spiro atoms. The first-order valence-corrected chi connectivity index (χ1v) is 4.59.